The molecule has 0 aromatic heterocycles. The number of rotatable bonds is 11. The van der Waals surface area contributed by atoms with Crippen LogP contribution in [0.25, 0.3) is 10.8 Å². The van der Waals surface area contributed by atoms with Gasteiger partial charge in [-0.15, -0.1) is 0 Å². The second kappa shape index (κ2) is 13.6. The summed E-state index contributed by atoms with van der Waals surface area (Å²) in [6.45, 7) is 1.31. The van der Waals surface area contributed by atoms with Crippen molar-refractivity contribution in [2.45, 2.75) is 50.5 Å². The summed E-state index contributed by atoms with van der Waals surface area (Å²) < 4.78 is 32.5. The SMILES string of the molecule is CO[C@H]1O[C@H](CI)[C@@H](OCc2ccc3ccccc3c2)[C@H](OCc2ccccc2)[C@H]1OCc1ccccc1. The van der Waals surface area contributed by atoms with Crippen molar-refractivity contribution < 1.29 is 23.7 Å². The molecule has 198 valence electrons. The van der Waals surface area contributed by atoms with E-state index in [2.05, 4.69) is 77.2 Å². The number of halogens is 1. The van der Waals surface area contributed by atoms with Crippen LogP contribution in [0.2, 0.25) is 0 Å². The molecule has 5 atom stereocenters. The van der Waals surface area contributed by atoms with E-state index < -0.39 is 18.5 Å². The predicted molar refractivity (Wildman–Crippen MR) is 157 cm³/mol. The molecule has 1 fully saturated rings. The summed E-state index contributed by atoms with van der Waals surface area (Å²) in [5, 5.41) is 2.41. The van der Waals surface area contributed by atoms with Crippen LogP contribution < -0.4 is 0 Å². The van der Waals surface area contributed by atoms with Gasteiger partial charge in [0, 0.05) is 11.5 Å². The first-order valence-corrected chi connectivity index (χ1v) is 14.4. The molecule has 0 bridgehead atoms. The molecule has 0 amide bonds. The van der Waals surface area contributed by atoms with Crippen molar-refractivity contribution in [1.29, 1.82) is 0 Å². The monoisotopic (exact) mass is 624 g/mol. The van der Waals surface area contributed by atoms with E-state index in [4.69, 9.17) is 23.7 Å². The molecule has 0 spiro atoms. The second-order valence-corrected chi connectivity index (χ2v) is 10.3. The molecule has 38 heavy (non-hydrogen) atoms. The topological polar surface area (TPSA) is 46.2 Å². The van der Waals surface area contributed by atoms with Crippen LogP contribution in [-0.2, 0) is 43.5 Å². The van der Waals surface area contributed by atoms with Gasteiger partial charge in [-0.3, -0.25) is 0 Å². The van der Waals surface area contributed by atoms with E-state index in [0.717, 1.165) is 21.1 Å². The summed E-state index contributed by atoms with van der Waals surface area (Å²) in [6.07, 6.45) is -1.98. The molecule has 0 aliphatic carbocycles. The molecule has 1 aliphatic rings. The average Bonchev–Trinajstić information content (AvgIpc) is 2.98. The van der Waals surface area contributed by atoms with E-state index in [0.29, 0.717) is 19.8 Å². The number of ether oxygens (including phenoxy) is 5. The Balaban J connectivity index is 1.39. The van der Waals surface area contributed by atoms with Crippen molar-refractivity contribution in [1.82, 2.24) is 0 Å². The molecule has 0 radical (unpaired) electrons. The van der Waals surface area contributed by atoms with Gasteiger partial charge in [0.15, 0.2) is 6.29 Å². The highest BCUT2D eigenvalue weighted by molar-refractivity contribution is 14.1. The third kappa shape index (κ3) is 6.81. The van der Waals surface area contributed by atoms with Gasteiger partial charge in [-0.05, 0) is 33.5 Å². The van der Waals surface area contributed by atoms with E-state index in [1.54, 1.807) is 7.11 Å². The van der Waals surface area contributed by atoms with Gasteiger partial charge in [-0.25, -0.2) is 0 Å². The van der Waals surface area contributed by atoms with E-state index >= 15 is 0 Å². The summed E-state index contributed by atoms with van der Waals surface area (Å²) >= 11 is 2.34. The maximum Gasteiger partial charge on any atom is 0.186 e. The maximum atomic E-state index is 6.61. The lowest BCUT2D eigenvalue weighted by molar-refractivity contribution is -0.313. The van der Waals surface area contributed by atoms with Crippen LogP contribution in [0.3, 0.4) is 0 Å². The molecule has 6 heteroatoms. The minimum absolute atomic E-state index is 0.210. The lowest BCUT2D eigenvalue weighted by Crippen LogP contribution is -2.61. The van der Waals surface area contributed by atoms with Crippen molar-refractivity contribution in [3.8, 4) is 0 Å². The molecule has 0 saturated carbocycles. The van der Waals surface area contributed by atoms with Crippen LogP contribution in [-0.4, -0.2) is 42.2 Å². The summed E-state index contributed by atoms with van der Waals surface area (Å²) in [5.74, 6) is 0. The summed E-state index contributed by atoms with van der Waals surface area (Å²) in [7, 11) is 1.65. The quantitative estimate of drug-likeness (QED) is 0.137. The van der Waals surface area contributed by atoms with Crippen LogP contribution in [0, 0.1) is 0 Å². The van der Waals surface area contributed by atoms with E-state index in [1.807, 2.05) is 48.5 Å². The van der Waals surface area contributed by atoms with Crippen LogP contribution in [0.15, 0.2) is 103 Å². The van der Waals surface area contributed by atoms with Gasteiger partial charge in [0.1, 0.15) is 18.3 Å². The first-order valence-electron chi connectivity index (χ1n) is 12.9. The van der Waals surface area contributed by atoms with Gasteiger partial charge in [0.05, 0.1) is 25.9 Å². The maximum absolute atomic E-state index is 6.61. The number of alkyl halides is 1. The van der Waals surface area contributed by atoms with Crippen molar-refractivity contribution in [3.05, 3.63) is 120 Å². The van der Waals surface area contributed by atoms with Crippen molar-refractivity contribution >= 4 is 33.4 Å². The highest BCUT2D eigenvalue weighted by Gasteiger charge is 2.48. The highest BCUT2D eigenvalue weighted by Crippen LogP contribution is 2.32. The molecule has 1 heterocycles. The van der Waals surface area contributed by atoms with Gasteiger partial charge in [0.2, 0.25) is 0 Å². The molecular formula is C32H33IO5. The van der Waals surface area contributed by atoms with E-state index in [1.165, 1.54) is 10.8 Å². The number of benzene rings is 4. The molecule has 0 unspecified atom stereocenters. The van der Waals surface area contributed by atoms with Crippen LogP contribution in [0.4, 0.5) is 0 Å². The Labute approximate surface area is 238 Å². The Kier molecular flexibility index (Phi) is 9.78. The molecule has 5 nitrogen and oxygen atoms in total. The molecule has 5 rings (SSSR count). The zero-order valence-electron chi connectivity index (χ0n) is 21.4. The fraction of sp³-hybridized carbons (Fsp3) is 0.312. The number of fused-ring (bicyclic) bond motifs is 1. The largest absolute Gasteiger partial charge is 0.368 e. The van der Waals surface area contributed by atoms with Crippen LogP contribution >= 0.6 is 22.6 Å². The Morgan fingerprint density at radius 2 is 1.16 bits per heavy atom. The minimum atomic E-state index is -0.570. The predicted octanol–water partition coefficient (Wildman–Crippen LogP) is 6.70. The molecule has 4 aromatic rings. The van der Waals surface area contributed by atoms with Crippen molar-refractivity contribution in [3.63, 3.8) is 0 Å². The molecule has 4 aromatic carbocycles. The molecule has 1 saturated heterocycles. The number of hydrogen-bond donors (Lipinski definition) is 0. The average molecular weight is 625 g/mol. The number of methoxy groups -OCH3 is 1. The standard InChI is InChI=1S/C32H33IO5/c1-34-32-31(37-21-24-12-6-3-7-13-24)30(36-20-23-10-4-2-5-11-23)29(28(19-33)38-32)35-22-25-16-17-26-14-8-9-15-27(26)18-25/h2-18,28-32H,19-22H2,1H3/t28-,29-,30+,31-,32+/m1/s1. The van der Waals surface area contributed by atoms with Crippen LogP contribution in [0.5, 0.6) is 0 Å². The summed E-state index contributed by atoms with van der Waals surface area (Å²) in [6, 6.07) is 35.1. The fourth-order valence-electron chi connectivity index (χ4n) is 4.81. The van der Waals surface area contributed by atoms with Gasteiger partial charge >= 0.3 is 0 Å². The lowest BCUT2D eigenvalue weighted by atomic mass is 9.98. The molecule has 1 aliphatic heterocycles. The molecular weight excluding hydrogens is 591 g/mol. The first-order chi connectivity index (χ1) is 18.7. The smallest absolute Gasteiger partial charge is 0.186 e. The highest BCUT2D eigenvalue weighted by atomic mass is 127. The zero-order chi connectivity index (χ0) is 26.2. The third-order valence-corrected chi connectivity index (χ3v) is 7.67. The van der Waals surface area contributed by atoms with Crippen molar-refractivity contribution in [2.75, 3.05) is 11.5 Å². The van der Waals surface area contributed by atoms with Gasteiger partial charge < -0.3 is 23.7 Å². The summed E-state index contributed by atoms with van der Waals surface area (Å²) in [4.78, 5) is 0. The van der Waals surface area contributed by atoms with Crippen LogP contribution in [0.1, 0.15) is 16.7 Å². The Morgan fingerprint density at radius 1 is 0.605 bits per heavy atom. The fourth-order valence-corrected chi connectivity index (χ4v) is 5.52. The first kappa shape index (κ1) is 27.2. The van der Waals surface area contributed by atoms with E-state index in [9.17, 15) is 0 Å². The van der Waals surface area contributed by atoms with Gasteiger partial charge in [-0.2, -0.15) is 0 Å². The van der Waals surface area contributed by atoms with Crippen molar-refractivity contribution in [2.24, 2.45) is 0 Å². The Bertz CT molecular complexity index is 1270. The van der Waals surface area contributed by atoms with E-state index in [-0.39, 0.29) is 12.2 Å². The zero-order valence-corrected chi connectivity index (χ0v) is 23.6. The summed E-state index contributed by atoms with van der Waals surface area (Å²) in [5.41, 5.74) is 3.27. The number of hydrogen-bond acceptors (Lipinski definition) is 5. The normalized spacial score (nSPS) is 23.5. The molecule has 0 N–H and O–H groups in total. The minimum Gasteiger partial charge on any atom is -0.368 e. The lowest BCUT2D eigenvalue weighted by Gasteiger charge is -2.45. The van der Waals surface area contributed by atoms with Gasteiger partial charge in [0.25, 0.3) is 0 Å². The van der Waals surface area contributed by atoms with Gasteiger partial charge in [-0.1, -0.05) is 120 Å². The second-order valence-electron chi connectivity index (χ2n) is 9.41. The Morgan fingerprint density at radius 3 is 1.79 bits per heavy atom. The Hall–Kier alpha value is -2.33. The third-order valence-electron chi connectivity index (χ3n) is 6.80.